The molecule has 7 aromatic rings. The second kappa shape index (κ2) is 22.6. The molecule has 0 spiro atoms. The van der Waals surface area contributed by atoms with Gasteiger partial charge in [-0.05, 0) is 136 Å². The fourth-order valence-electron chi connectivity index (χ4n) is 11.3. The maximum Gasteiger partial charge on any atom is 0.500 e. The molecule has 4 amide bonds. The topological polar surface area (TPSA) is 149 Å². The third kappa shape index (κ3) is 10.5. The van der Waals surface area contributed by atoms with Crippen molar-refractivity contribution < 1.29 is 55.2 Å². The number of amides is 4. The highest BCUT2D eigenvalue weighted by atomic mass is 28.4. The van der Waals surface area contributed by atoms with Gasteiger partial charge in [0.2, 0.25) is 0 Å². The molecule has 0 atom stereocenters. The predicted octanol–water partition coefficient (Wildman–Crippen LogP) is 14.0. The van der Waals surface area contributed by atoms with Crippen LogP contribution in [0.1, 0.15) is 148 Å². The number of carbonyl (C=O) groups is 4. The van der Waals surface area contributed by atoms with Crippen molar-refractivity contribution >= 4 is 84.3 Å². The van der Waals surface area contributed by atoms with Crippen LogP contribution >= 0.6 is 0 Å². The van der Waals surface area contributed by atoms with Gasteiger partial charge in [0.15, 0.2) is 0 Å². The van der Waals surface area contributed by atoms with Crippen LogP contribution in [-0.4, -0.2) is 104 Å². The molecule has 412 valence electrons. The van der Waals surface area contributed by atoms with Gasteiger partial charge in [-0.2, -0.15) is 0 Å². The Morgan fingerprint density at radius 3 is 0.987 bits per heavy atom. The van der Waals surface area contributed by atoms with Crippen LogP contribution in [-0.2, 0) is 37.4 Å². The molecule has 14 nitrogen and oxygen atoms in total. The molecular weight excluding hydrogens is 1020 g/mol. The van der Waals surface area contributed by atoms with E-state index >= 15 is 9.59 Å². The maximum atomic E-state index is 15.2. The van der Waals surface area contributed by atoms with E-state index in [9.17, 15) is 9.59 Å². The molecule has 78 heavy (non-hydrogen) atoms. The van der Waals surface area contributed by atoms with E-state index in [1.807, 2.05) is 102 Å². The van der Waals surface area contributed by atoms with E-state index in [0.717, 1.165) is 11.1 Å². The molecule has 0 fully saturated rings. The second-order valence-electron chi connectivity index (χ2n) is 21.9. The first-order valence-corrected chi connectivity index (χ1v) is 31.5. The number of hydrogen-bond acceptors (Lipinski definition) is 12. The van der Waals surface area contributed by atoms with Crippen LogP contribution in [0, 0.1) is 0 Å². The van der Waals surface area contributed by atoms with E-state index in [1.165, 1.54) is 9.80 Å². The van der Waals surface area contributed by atoms with Gasteiger partial charge in [0, 0.05) is 108 Å². The van der Waals surface area contributed by atoms with Gasteiger partial charge < -0.3 is 36.0 Å². The van der Waals surface area contributed by atoms with Gasteiger partial charge in [0.05, 0.1) is 11.1 Å². The number of ether oxygens (including phenoxy) is 2. The number of rotatable bonds is 24. The Labute approximate surface area is 460 Å². The van der Waals surface area contributed by atoms with Crippen molar-refractivity contribution in [1.82, 2.24) is 9.80 Å². The van der Waals surface area contributed by atoms with Gasteiger partial charge in [0.25, 0.3) is 23.6 Å². The van der Waals surface area contributed by atoms with E-state index in [0.29, 0.717) is 153 Å². The van der Waals surface area contributed by atoms with Crippen LogP contribution in [0.4, 0.5) is 0 Å². The van der Waals surface area contributed by atoms with Crippen LogP contribution in [0.5, 0.6) is 23.0 Å². The molecule has 7 aromatic carbocycles. The lowest BCUT2D eigenvalue weighted by atomic mass is 9.81. The van der Waals surface area contributed by atoms with Gasteiger partial charge in [-0.15, -0.1) is 0 Å². The van der Waals surface area contributed by atoms with Crippen molar-refractivity contribution in [1.29, 1.82) is 0 Å². The molecule has 0 saturated heterocycles. The summed E-state index contributed by atoms with van der Waals surface area (Å²) in [5.41, 5.74) is 3.30. The minimum Gasteiger partial charge on any atom is -0.457 e. The first-order valence-electron chi connectivity index (χ1n) is 27.7. The van der Waals surface area contributed by atoms with E-state index in [1.54, 1.807) is 24.3 Å². The highest BCUT2D eigenvalue weighted by molar-refractivity contribution is 6.61. The average Bonchev–Trinajstić information content (AvgIpc) is 3.20. The van der Waals surface area contributed by atoms with Crippen LogP contribution in [0.25, 0.3) is 43.1 Å². The van der Waals surface area contributed by atoms with Gasteiger partial charge in [-0.1, -0.05) is 77.9 Å². The Balaban J connectivity index is 1.26. The van der Waals surface area contributed by atoms with Crippen LogP contribution in [0.15, 0.2) is 84.9 Å². The molecule has 0 N–H and O–H groups in total. The molecule has 0 saturated carbocycles. The number of hydrogen-bond donors (Lipinski definition) is 0. The minimum atomic E-state index is -3.11. The van der Waals surface area contributed by atoms with Crippen molar-refractivity contribution in [3.05, 3.63) is 118 Å². The highest BCUT2D eigenvalue weighted by Crippen LogP contribution is 2.53. The molecule has 0 bridgehead atoms. The summed E-state index contributed by atoms with van der Waals surface area (Å²) >= 11 is 0. The van der Waals surface area contributed by atoms with Crippen LogP contribution in [0.2, 0.25) is 12.1 Å². The molecule has 2 aliphatic heterocycles. The Morgan fingerprint density at radius 2 is 0.692 bits per heavy atom. The summed E-state index contributed by atoms with van der Waals surface area (Å²) in [6.45, 7) is 26.9. The SMILES string of the molecule is CCO[Si](CCCN1C(=O)c2ccc3c4c(Oc5ccc(C(C)(C)C)cc5)cc5c6c(ccc(c7c(Oc8ccc(C(C)(C)C)cc8)cc(c2c37)C1=O)c64)C(=O)N(CCC[Si](OCC)(OCC)OCC)C5=O)(OCC)OCC. The molecule has 0 radical (unpaired) electrons. The first-order chi connectivity index (χ1) is 37.3. The summed E-state index contributed by atoms with van der Waals surface area (Å²) in [7, 11) is -6.21. The standard InChI is InChI=1S/C62H74N2O12Si2/c1-13-69-77(70-14-2,71-15-3)35-19-33-63-57(65)45-31-29-43-54-50(76-42-27-23-40(24-28-42)62(10,11)12)38-48-52-46(58(66)64(60(48)68)34-20-36-78(72-16-4,73-17-5)74-18-6)32-30-44(56(52)54)53-49(37-47(59(63)67)51(45)55(43)53)75-41-25-21-39(22-26-41)61(7,8)9/h21-32,37-38H,13-20,33-36H2,1-12H3. The lowest BCUT2D eigenvalue weighted by Crippen LogP contribution is -2.47. The monoisotopic (exact) mass is 1090 g/mol. The lowest BCUT2D eigenvalue weighted by Gasteiger charge is -2.32. The van der Waals surface area contributed by atoms with Crippen molar-refractivity contribution in [3.8, 4) is 23.0 Å². The molecular formula is C62H74N2O12Si2. The number of nitrogens with zero attached hydrogens (tertiary/aromatic N) is 2. The molecule has 2 heterocycles. The number of fused-ring (bicyclic) bond motifs is 2. The summed E-state index contributed by atoms with van der Waals surface area (Å²) in [6.07, 6.45) is 0.787. The summed E-state index contributed by atoms with van der Waals surface area (Å²) in [6, 6.07) is 27.4. The quantitative estimate of drug-likeness (QED) is 0.0245. The third-order valence-electron chi connectivity index (χ3n) is 14.7. The van der Waals surface area contributed by atoms with Gasteiger partial charge in [-0.25, -0.2) is 0 Å². The van der Waals surface area contributed by atoms with Gasteiger partial charge in [0.1, 0.15) is 23.0 Å². The summed E-state index contributed by atoms with van der Waals surface area (Å²) < 4.78 is 50.8. The van der Waals surface area contributed by atoms with Crippen molar-refractivity contribution in [2.75, 3.05) is 52.7 Å². The fraction of sp³-hybridized carbons (Fsp3) is 0.419. The Bertz CT molecular complexity index is 3140. The zero-order valence-electron chi connectivity index (χ0n) is 47.4. The van der Waals surface area contributed by atoms with E-state index < -0.39 is 41.2 Å². The van der Waals surface area contributed by atoms with Crippen molar-refractivity contribution in [2.45, 2.75) is 119 Å². The number of benzene rings is 7. The average molecular weight is 1100 g/mol. The van der Waals surface area contributed by atoms with Gasteiger partial charge in [-0.3, -0.25) is 29.0 Å². The largest absolute Gasteiger partial charge is 0.500 e. The molecule has 9 rings (SSSR count). The maximum absolute atomic E-state index is 15.2. The highest BCUT2D eigenvalue weighted by Gasteiger charge is 2.44. The summed E-state index contributed by atoms with van der Waals surface area (Å²) in [5, 5.41) is 4.73. The summed E-state index contributed by atoms with van der Waals surface area (Å²) in [5.74, 6) is 0.00416. The van der Waals surface area contributed by atoms with Gasteiger partial charge >= 0.3 is 17.6 Å². The van der Waals surface area contributed by atoms with E-state index in [4.69, 9.17) is 36.0 Å². The Kier molecular flexibility index (Phi) is 16.4. The minimum absolute atomic E-state index is 0.0989. The molecule has 0 aliphatic carbocycles. The van der Waals surface area contributed by atoms with Crippen LogP contribution in [0.3, 0.4) is 0 Å². The molecule has 16 heteroatoms. The molecule has 0 unspecified atom stereocenters. The van der Waals surface area contributed by atoms with E-state index in [2.05, 4.69) is 41.5 Å². The van der Waals surface area contributed by atoms with Crippen molar-refractivity contribution in [2.24, 2.45) is 0 Å². The lowest BCUT2D eigenvalue weighted by molar-refractivity contribution is 0.0573. The second-order valence-corrected chi connectivity index (χ2v) is 27.3. The van der Waals surface area contributed by atoms with E-state index in [-0.39, 0.29) is 23.9 Å². The predicted molar refractivity (Wildman–Crippen MR) is 309 cm³/mol. The molecule has 2 aliphatic rings. The zero-order valence-corrected chi connectivity index (χ0v) is 49.4. The number of imide groups is 2. The fourth-order valence-corrected chi connectivity index (χ4v) is 16.5. The zero-order chi connectivity index (χ0) is 55.9. The first kappa shape index (κ1) is 56.6. The third-order valence-corrected chi connectivity index (χ3v) is 21.0. The smallest absolute Gasteiger partial charge is 0.457 e. The summed E-state index contributed by atoms with van der Waals surface area (Å²) in [4.78, 5) is 62.9. The van der Waals surface area contributed by atoms with Crippen LogP contribution < -0.4 is 9.47 Å². The van der Waals surface area contributed by atoms with Crippen molar-refractivity contribution in [3.63, 3.8) is 0 Å². The normalized spacial score (nSPS) is 14.4. The Morgan fingerprint density at radius 1 is 0.385 bits per heavy atom. The molecule has 0 aromatic heterocycles. The number of carbonyl (C=O) groups excluding carboxylic acids is 4. The Hall–Kier alpha value is -6.09.